The number of hydrogen-bond donors (Lipinski definition) is 1. The molecule has 1 aliphatic rings. The maximum atomic E-state index is 11.1. The van der Waals surface area contributed by atoms with E-state index in [2.05, 4.69) is 39.9 Å². The van der Waals surface area contributed by atoms with Gasteiger partial charge in [-0.25, -0.2) is 0 Å². The molecule has 2 unspecified atom stereocenters. The van der Waals surface area contributed by atoms with Gasteiger partial charge in [-0.2, -0.15) is 0 Å². The molecule has 3 nitrogen and oxygen atoms in total. The standard InChI is InChI=1S/C14H18BrNO2/c1-10-5-6-12(14(17)18)9-16(10)8-11-3-2-4-13(15)7-11/h2-4,7,10,12H,5-6,8-9H2,1H3,(H,17,18). The van der Waals surface area contributed by atoms with E-state index in [0.717, 1.165) is 23.9 Å². The van der Waals surface area contributed by atoms with Crippen LogP contribution >= 0.6 is 15.9 Å². The zero-order valence-corrected chi connectivity index (χ0v) is 12.1. The normalized spacial score (nSPS) is 25.0. The molecular formula is C14H18BrNO2. The first kappa shape index (κ1) is 13.6. The molecular weight excluding hydrogens is 294 g/mol. The van der Waals surface area contributed by atoms with Gasteiger partial charge in [0.1, 0.15) is 0 Å². The first-order chi connectivity index (χ1) is 8.56. The van der Waals surface area contributed by atoms with Crippen molar-refractivity contribution in [3.05, 3.63) is 34.3 Å². The lowest BCUT2D eigenvalue weighted by Gasteiger charge is -2.36. The number of nitrogens with zero attached hydrogens (tertiary/aromatic N) is 1. The van der Waals surface area contributed by atoms with Gasteiger partial charge in [-0.3, -0.25) is 9.69 Å². The number of aliphatic carboxylic acids is 1. The van der Waals surface area contributed by atoms with Crippen LogP contribution in [-0.4, -0.2) is 28.6 Å². The predicted octanol–water partition coefficient (Wildman–Crippen LogP) is 3.13. The van der Waals surface area contributed by atoms with Gasteiger partial charge in [0.2, 0.25) is 0 Å². The molecule has 0 aliphatic carbocycles. The number of benzene rings is 1. The second-order valence-corrected chi connectivity index (χ2v) is 5.94. The number of likely N-dealkylation sites (tertiary alicyclic amines) is 1. The van der Waals surface area contributed by atoms with Crippen LogP contribution in [0.4, 0.5) is 0 Å². The summed E-state index contributed by atoms with van der Waals surface area (Å²) in [4.78, 5) is 13.3. The lowest BCUT2D eigenvalue weighted by atomic mass is 9.93. The molecule has 4 heteroatoms. The van der Waals surface area contributed by atoms with Crippen LogP contribution in [0.1, 0.15) is 25.3 Å². The summed E-state index contributed by atoms with van der Waals surface area (Å²) in [6, 6.07) is 8.66. The molecule has 1 aliphatic heterocycles. The van der Waals surface area contributed by atoms with Gasteiger partial charge in [0.25, 0.3) is 0 Å². The fourth-order valence-electron chi connectivity index (χ4n) is 2.47. The number of halogens is 1. The molecule has 0 saturated carbocycles. The number of rotatable bonds is 3. The third-order valence-electron chi connectivity index (χ3n) is 3.64. The summed E-state index contributed by atoms with van der Waals surface area (Å²) in [5, 5.41) is 9.12. The van der Waals surface area contributed by atoms with Crippen molar-refractivity contribution in [2.75, 3.05) is 6.54 Å². The quantitative estimate of drug-likeness (QED) is 0.932. The number of hydrogen-bond acceptors (Lipinski definition) is 2. The van der Waals surface area contributed by atoms with Crippen LogP contribution in [0.2, 0.25) is 0 Å². The van der Waals surface area contributed by atoms with Gasteiger partial charge in [0.05, 0.1) is 5.92 Å². The van der Waals surface area contributed by atoms with Gasteiger partial charge < -0.3 is 5.11 Å². The third kappa shape index (κ3) is 3.33. The highest BCUT2D eigenvalue weighted by Gasteiger charge is 2.29. The van der Waals surface area contributed by atoms with Gasteiger partial charge in [-0.05, 0) is 37.5 Å². The lowest BCUT2D eigenvalue weighted by molar-refractivity contribution is -0.144. The number of carboxylic acids is 1. The van der Waals surface area contributed by atoms with Crippen LogP contribution < -0.4 is 0 Å². The van der Waals surface area contributed by atoms with Gasteiger partial charge >= 0.3 is 5.97 Å². The SMILES string of the molecule is CC1CCC(C(=O)O)CN1Cc1cccc(Br)c1. The van der Waals surface area contributed by atoms with Crippen molar-refractivity contribution < 1.29 is 9.90 Å². The van der Waals surface area contributed by atoms with Crippen molar-refractivity contribution in [2.24, 2.45) is 5.92 Å². The molecule has 1 aromatic carbocycles. The minimum atomic E-state index is -0.666. The van der Waals surface area contributed by atoms with Crippen molar-refractivity contribution in [3.63, 3.8) is 0 Å². The minimum Gasteiger partial charge on any atom is -0.481 e. The molecule has 18 heavy (non-hydrogen) atoms. The first-order valence-corrected chi connectivity index (χ1v) is 7.07. The predicted molar refractivity (Wildman–Crippen MR) is 74.4 cm³/mol. The van der Waals surface area contributed by atoms with Crippen LogP contribution in [0.5, 0.6) is 0 Å². The average Bonchev–Trinajstić information content (AvgIpc) is 2.31. The van der Waals surface area contributed by atoms with E-state index < -0.39 is 5.97 Å². The zero-order valence-electron chi connectivity index (χ0n) is 10.5. The molecule has 2 rings (SSSR count). The Labute approximate surface area is 116 Å². The first-order valence-electron chi connectivity index (χ1n) is 6.27. The fraction of sp³-hybridized carbons (Fsp3) is 0.500. The van der Waals surface area contributed by atoms with E-state index in [1.54, 1.807) is 0 Å². The fourth-order valence-corrected chi connectivity index (χ4v) is 2.92. The molecule has 2 atom stereocenters. The van der Waals surface area contributed by atoms with Crippen molar-refractivity contribution in [2.45, 2.75) is 32.4 Å². The van der Waals surface area contributed by atoms with Crippen LogP contribution in [0.3, 0.4) is 0 Å². The van der Waals surface area contributed by atoms with E-state index in [1.165, 1.54) is 5.56 Å². The van der Waals surface area contributed by atoms with Crippen molar-refractivity contribution >= 4 is 21.9 Å². The molecule has 1 heterocycles. The topological polar surface area (TPSA) is 40.5 Å². The number of piperidine rings is 1. The van der Waals surface area contributed by atoms with Gasteiger partial charge in [0.15, 0.2) is 0 Å². The van der Waals surface area contributed by atoms with E-state index in [-0.39, 0.29) is 5.92 Å². The second kappa shape index (κ2) is 5.85. The summed E-state index contributed by atoms with van der Waals surface area (Å²) in [6.45, 7) is 3.66. The molecule has 1 N–H and O–H groups in total. The molecule has 0 spiro atoms. The van der Waals surface area contributed by atoms with E-state index in [4.69, 9.17) is 5.11 Å². The minimum absolute atomic E-state index is 0.214. The maximum absolute atomic E-state index is 11.1. The summed E-state index contributed by atoms with van der Waals surface area (Å²) >= 11 is 3.46. The van der Waals surface area contributed by atoms with E-state index in [1.807, 2.05) is 12.1 Å². The van der Waals surface area contributed by atoms with Crippen LogP contribution in [0.15, 0.2) is 28.7 Å². The van der Waals surface area contributed by atoms with E-state index in [0.29, 0.717) is 12.6 Å². The summed E-state index contributed by atoms with van der Waals surface area (Å²) in [5.74, 6) is -0.880. The van der Waals surface area contributed by atoms with Crippen molar-refractivity contribution in [3.8, 4) is 0 Å². The monoisotopic (exact) mass is 311 g/mol. The maximum Gasteiger partial charge on any atom is 0.307 e. The summed E-state index contributed by atoms with van der Waals surface area (Å²) in [7, 11) is 0. The van der Waals surface area contributed by atoms with Gasteiger partial charge in [-0.15, -0.1) is 0 Å². The Morgan fingerprint density at radius 1 is 1.50 bits per heavy atom. The highest BCUT2D eigenvalue weighted by molar-refractivity contribution is 9.10. The zero-order chi connectivity index (χ0) is 13.1. The van der Waals surface area contributed by atoms with E-state index >= 15 is 0 Å². The van der Waals surface area contributed by atoms with Crippen molar-refractivity contribution in [1.82, 2.24) is 4.90 Å². The molecule has 0 radical (unpaired) electrons. The Hall–Kier alpha value is -0.870. The van der Waals surface area contributed by atoms with Gasteiger partial charge in [0, 0.05) is 23.6 Å². The summed E-state index contributed by atoms with van der Waals surface area (Å²) < 4.78 is 1.07. The molecule has 1 saturated heterocycles. The van der Waals surface area contributed by atoms with Crippen LogP contribution in [0.25, 0.3) is 0 Å². The Bertz CT molecular complexity index is 436. The summed E-state index contributed by atoms with van der Waals surface area (Å²) in [6.07, 6.45) is 1.76. The Balaban J connectivity index is 2.04. The van der Waals surface area contributed by atoms with Crippen molar-refractivity contribution in [1.29, 1.82) is 0 Å². The highest BCUT2D eigenvalue weighted by atomic mass is 79.9. The van der Waals surface area contributed by atoms with E-state index in [9.17, 15) is 4.79 Å². The molecule has 98 valence electrons. The second-order valence-electron chi connectivity index (χ2n) is 5.02. The molecule has 1 aromatic rings. The molecule has 1 fully saturated rings. The molecule has 0 amide bonds. The largest absolute Gasteiger partial charge is 0.481 e. The van der Waals surface area contributed by atoms with Gasteiger partial charge in [-0.1, -0.05) is 28.1 Å². The molecule has 0 bridgehead atoms. The van der Waals surface area contributed by atoms with Crippen LogP contribution in [-0.2, 0) is 11.3 Å². The Morgan fingerprint density at radius 3 is 2.94 bits per heavy atom. The average molecular weight is 312 g/mol. The summed E-state index contributed by atoms with van der Waals surface area (Å²) in [5.41, 5.74) is 1.22. The lowest BCUT2D eigenvalue weighted by Crippen LogP contribution is -2.43. The third-order valence-corrected chi connectivity index (χ3v) is 4.13. The number of carbonyl (C=O) groups is 1. The Morgan fingerprint density at radius 2 is 2.28 bits per heavy atom. The highest BCUT2D eigenvalue weighted by Crippen LogP contribution is 2.24. The molecule has 0 aromatic heterocycles. The Kier molecular flexibility index (Phi) is 4.40. The number of carboxylic acid groups (broad SMARTS) is 1. The van der Waals surface area contributed by atoms with Crippen LogP contribution in [0, 0.1) is 5.92 Å². The smallest absolute Gasteiger partial charge is 0.307 e.